The molecule has 0 aromatic heterocycles. The maximum absolute atomic E-state index is 11.9. The Labute approximate surface area is 110 Å². The molecule has 1 aliphatic rings. The van der Waals surface area contributed by atoms with Crippen molar-refractivity contribution in [3.63, 3.8) is 0 Å². The van der Waals surface area contributed by atoms with Crippen LogP contribution in [0.1, 0.15) is 13.8 Å². The van der Waals surface area contributed by atoms with E-state index in [2.05, 4.69) is 17.3 Å². The average molecular weight is 249 g/mol. The summed E-state index contributed by atoms with van der Waals surface area (Å²) in [5, 5.41) is 2.89. The Kier molecular flexibility index (Phi) is 6.22. The van der Waals surface area contributed by atoms with Gasteiger partial charge in [0.1, 0.15) is 0 Å². The molecule has 0 bridgehead atoms. The van der Waals surface area contributed by atoms with Gasteiger partial charge in [0.25, 0.3) is 0 Å². The molecule has 2 amide bonds. The number of amides is 2. The number of nitrogens with zero attached hydrogens (tertiary/aromatic N) is 2. The normalized spacial score (nSPS) is 15.6. The van der Waals surface area contributed by atoms with Crippen LogP contribution in [0, 0.1) is 0 Å². The van der Waals surface area contributed by atoms with Crippen molar-refractivity contribution in [2.45, 2.75) is 13.8 Å². The van der Waals surface area contributed by atoms with E-state index in [4.69, 9.17) is 0 Å². The second-order valence-electron chi connectivity index (χ2n) is 4.09. The SMILES string of the molecule is CC.CN1CCN(C(=O)Nc2ccccc2)CC1. The molecule has 0 radical (unpaired) electrons. The number of anilines is 1. The van der Waals surface area contributed by atoms with Crippen molar-refractivity contribution in [2.75, 3.05) is 38.5 Å². The molecule has 1 heterocycles. The number of hydrogen-bond acceptors (Lipinski definition) is 2. The van der Waals surface area contributed by atoms with Crippen molar-refractivity contribution in [3.05, 3.63) is 30.3 Å². The second kappa shape index (κ2) is 7.71. The Morgan fingerprint density at radius 3 is 2.17 bits per heavy atom. The first-order valence-electron chi connectivity index (χ1n) is 6.55. The van der Waals surface area contributed by atoms with Crippen molar-refractivity contribution in [1.29, 1.82) is 0 Å². The Balaban J connectivity index is 0.000000771. The largest absolute Gasteiger partial charge is 0.322 e. The topological polar surface area (TPSA) is 35.6 Å². The minimum absolute atomic E-state index is 0.000648. The fraction of sp³-hybridized carbons (Fsp3) is 0.500. The molecular weight excluding hydrogens is 226 g/mol. The van der Waals surface area contributed by atoms with Gasteiger partial charge < -0.3 is 15.1 Å². The zero-order valence-corrected chi connectivity index (χ0v) is 11.5. The lowest BCUT2D eigenvalue weighted by Gasteiger charge is -2.32. The number of nitrogens with one attached hydrogen (secondary N) is 1. The number of hydrogen-bond donors (Lipinski definition) is 1. The average Bonchev–Trinajstić information content (AvgIpc) is 2.43. The van der Waals surface area contributed by atoms with E-state index in [0.29, 0.717) is 0 Å². The number of benzene rings is 1. The molecule has 0 spiro atoms. The number of carbonyl (C=O) groups excluding carboxylic acids is 1. The maximum Gasteiger partial charge on any atom is 0.321 e. The predicted molar refractivity (Wildman–Crippen MR) is 75.9 cm³/mol. The lowest BCUT2D eigenvalue weighted by atomic mass is 10.3. The molecule has 2 rings (SSSR count). The van der Waals surface area contributed by atoms with E-state index in [1.54, 1.807) is 0 Å². The minimum Gasteiger partial charge on any atom is -0.322 e. The molecule has 1 aromatic rings. The monoisotopic (exact) mass is 249 g/mol. The van der Waals surface area contributed by atoms with Gasteiger partial charge in [0.2, 0.25) is 0 Å². The van der Waals surface area contributed by atoms with Crippen molar-refractivity contribution in [3.8, 4) is 0 Å². The van der Waals surface area contributed by atoms with E-state index in [9.17, 15) is 4.79 Å². The number of para-hydroxylation sites is 1. The molecule has 1 saturated heterocycles. The van der Waals surface area contributed by atoms with Gasteiger partial charge in [-0.3, -0.25) is 0 Å². The Morgan fingerprint density at radius 1 is 1.06 bits per heavy atom. The molecule has 4 nitrogen and oxygen atoms in total. The van der Waals surface area contributed by atoms with Crippen LogP contribution in [0.3, 0.4) is 0 Å². The van der Waals surface area contributed by atoms with Crippen LogP contribution >= 0.6 is 0 Å². The van der Waals surface area contributed by atoms with Gasteiger partial charge in [-0.05, 0) is 19.2 Å². The fourth-order valence-electron chi connectivity index (χ4n) is 1.73. The van der Waals surface area contributed by atoms with E-state index >= 15 is 0 Å². The highest BCUT2D eigenvalue weighted by Crippen LogP contribution is 2.07. The van der Waals surface area contributed by atoms with E-state index < -0.39 is 0 Å². The number of piperazine rings is 1. The summed E-state index contributed by atoms with van der Waals surface area (Å²) in [6.07, 6.45) is 0. The van der Waals surface area contributed by atoms with Crippen LogP contribution in [0.5, 0.6) is 0 Å². The summed E-state index contributed by atoms with van der Waals surface area (Å²) in [6.45, 7) is 7.49. The number of rotatable bonds is 1. The smallest absolute Gasteiger partial charge is 0.321 e. The minimum atomic E-state index is -0.000648. The lowest BCUT2D eigenvalue weighted by Crippen LogP contribution is -2.48. The van der Waals surface area contributed by atoms with Crippen LogP contribution in [0.25, 0.3) is 0 Å². The van der Waals surface area contributed by atoms with Crippen LogP contribution in [0.4, 0.5) is 10.5 Å². The van der Waals surface area contributed by atoms with Crippen LogP contribution in [0.2, 0.25) is 0 Å². The quantitative estimate of drug-likeness (QED) is 0.830. The summed E-state index contributed by atoms with van der Waals surface area (Å²) in [5.41, 5.74) is 0.853. The molecule has 0 unspecified atom stereocenters. The van der Waals surface area contributed by atoms with Crippen molar-refractivity contribution in [2.24, 2.45) is 0 Å². The molecule has 0 atom stereocenters. The molecule has 1 aromatic carbocycles. The van der Waals surface area contributed by atoms with Crippen LogP contribution < -0.4 is 5.32 Å². The van der Waals surface area contributed by atoms with Gasteiger partial charge in [-0.15, -0.1) is 0 Å². The van der Waals surface area contributed by atoms with Gasteiger partial charge in [-0.1, -0.05) is 32.0 Å². The summed E-state index contributed by atoms with van der Waals surface area (Å²) in [5.74, 6) is 0. The zero-order chi connectivity index (χ0) is 13.4. The zero-order valence-electron chi connectivity index (χ0n) is 11.5. The van der Waals surface area contributed by atoms with Gasteiger partial charge in [0.15, 0.2) is 0 Å². The van der Waals surface area contributed by atoms with Crippen molar-refractivity contribution < 1.29 is 4.79 Å². The maximum atomic E-state index is 11.9. The van der Waals surface area contributed by atoms with Gasteiger partial charge in [-0.2, -0.15) is 0 Å². The number of likely N-dealkylation sites (N-methyl/N-ethyl adjacent to an activating group) is 1. The third-order valence-corrected chi connectivity index (χ3v) is 2.82. The lowest BCUT2D eigenvalue weighted by molar-refractivity contribution is 0.164. The van der Waals surface area contributed by atoms with Gasteiger partial charge in [0, 0.05) is 31.9 Å². The van der Waals surface area contributed by atoms with Gasteiger partial charge in [0.05, 0.1) is 0 Å². The molecule has 1 N–H and O–H groups in total. The highest BCUT2D eigenvalue weighted by molar-refractivity contribution is 5.89. The molecule has 0 saturated carbocycles. The van der Waals surface area contributed by atoms with Crippen molar-refractivity contribution in [1.82, 2.24) is 9.80 Å². The molecule has 1 fully saturated rings. The van der Waals surface area contributed by atoms with Gasteiger partial charge >= 0.3 is 6.03 Å². The molecule has 1 aliphatic heterocycles. The Bertz CT molecular complexity index is 345. The highest BCUT2D eigenvalue weighted by Gasteiger charge is 2.18. The second-order valence-corrected chi connectivity index (χ2v) is 4.09. The summed E-state index contributed by atoms with van der Waals surface area (Å²) in [7, 11) is 2.08. The van der Waals surface area contributed by atoms with E-state index in [-0.39, 0.29) is 6.03 Å². The highest BCUT2D eigenvalue weighted by atomic mass is 16.2. The van der Waals surface area contributed by atoms with Crippen LogP contribution in [-0.2, 0) is 0 Å². The molecular formula is C14H23N3O. The summed E-state index contributed by atoms with van der Waals surface area (Å²) in [4.78, 5) is 16.0. The van der Waals surface area contributed by atoms with Crippen LogP contribution in [0.15, 0.2) is 30.3 Å². The van der Waals surface area contributed by atoms with Crippen molar-refractivity contribution >= 4 is 11.7 Å². The molecule has 18 heavy (non-hydrogen) atoms. The number of urea groups is 1. The van der Waals surface area contributed by atoms with E-state index in [0.717, 1.165) is 31.9 Å². The summed E-state index contributed by atoms with van der Waals surface area (Å²) in [6, 6.07) is 9.56. The van der Waals surface area contributed by atoms with E-state index in [1.165, 1.54) is 0 Å². The molecule has 0 aliphatic carbocycles. The Morgan fingerprint density at radius 2 is 1.61 bits per heavy atom. The first kappa shape index (κ1) is 14.5. The van der Waals surface area contributed by atoms with E-state index in [1.807, 2.05) is 49.1 Å². The third-order valence-electron chi connectivity index (χ3n) is 2.82. The molecule has 4 heteroatoms. The standard InChI is InChI=1S/C12H17N3O.C2H6/c1-14-7-9-15(10-8-14)12(16)13-11-5-3-2-4-6-11;1-2/h2-6H,7-10H2,1H3,(H,13,16);1-2H3. The third kappa shape index (κ3) is 4.37. The molecule has 100 valence electrons. The van der Waals surface area contributed by atoms with Gasteiger partial charge in [-0.25, -0.2) is 4.79 Å². The Hall–Kier alpha value is -1.55. The summed E-state index contributed by atoms with van der Waals surface area (Å²) < 4.78 is 0. The fourth-order valence-corrected chi connectivity index (χ4v) is 1.73. The number of carbonyl (C=O) groups is 1. The first-order chi connectivity index (χ1) is 8.75. The first-order valence-corrected chi connectivity index (χ1v) is 6.55. The van der Waals surface area contributed by atoms with Crippen LogP contribution in [-0.4, -0.2) is 49.1 Å². The summed E-state index contributed by atoms with van der Waals surface area (Å²) >= 11 is 0. The predicted octanol–water partition coefficient (Wildman–Crippen LogP) is 2.49.